The van der Waals surface area contributed by atoms with Gasteiger partial charge in [-0.1, -0.05) is 30.3 Å². The number of amides is 2. The van der Waals surface area contributed by atoms with Crippen molar-refractivity contribution in [3.05, 3.63) is 110 Å². The van der Waals surface area contributed by atoms with E-state index in [1.807, 2.05) is 30.3 Å². The van der Waals surface area contributed by atoms with Gasteiger partial charge in [-0.15, -0.1) is 0 Å². The smallest absolute Gasteiger partial charge is 0.277 e. The van der Waals surface area contributed by atoms with E-state index in [9.17, 15) is 29.8 Å². The van der Waals surface area contributed by atoms with Gasteiger partial charge in [0.25, 0.3) is 23.2 Å². The first kappa shape index (κ1) is 21.9. The highest BCUT2D eigenvalue weighted by molar-refractivity contribution is 5.99. The van der Waals surface area contributed by atoms with Crippen LogP contribution in [0.3, 0.4) is 0 Å². The molecule has 0 spiro atoms. The van der Waals surface area contributed by atoms with E-state index in [4.69, 9.17) is 4.74 Å². The molecule has 2 amide bonds. The van der Waals surface area contributed by atoms with E-state index in [0.29, 0.717) is 12.4 Å². The quantitative estimate of drug-likeness (QED) is 0.426. The summed E-state index contributed by atoms with van der Waals surface area (Å²) >= 11 is 0. The van der Waals surface area contributed by atoms with Crippen LogP contribution in [-0.4, -0.2) is 21.7 Å². The van der Waals surface area contributed by atoms with Gasteiger partial charge in [0.1, 0.15) is 12.4 Å². The Bertz CT molecular complexity index is 1130. The molecular weight excluding hydrogens is 420 g/mol. The van der Waals surface area contributed by atoms with Gasteiger partial charge in [-0.05, 0) is 29.8 Å². The molecule has 0 aliphatic heterocycles. The SMILES string of the molecule is O=C(NNC(=O)c1cc([N+](=O)[O-])cc([N+](=O)[O-])c1)c1ccc(OCc2ccccc2)cc1. The summed E-state index contributed by atoms with van der Waals surface area (Å²) in [5, 5.41) is 21.9. The van der Waals surface area contributed by atoms with E-state index in [1.54, 1.807) is 12.1 Å². The topological polar surface area (TPSA) is 154 Å². The molecule has 0 saturated carbocycles. The third-order valence-electron chi connectivity index (χ3n) is 4.24. The van der Waals surface area contributed by atoms with Crippen LogP contribution in [0.2, 0.25) is 0 Å². The number of nitro groups is 2. The molecule has 0 aliphatic rings. The maximum Gasteiger partial charge on any atom is 0.277 e. The maximum absolute atomic E-state index is 12.2. The van der Waals surface area contributed by atoms with Gasteiger partial charge in [0.15, 0.2) is 0 Å². The number of ether oxygens (including phenoxy) is 1. The molecule has 0 heterocycles. The zero-order valence-corrected chi connectivity index (χ0v) is 16.4. The van der Waals surface area contributed by atoms with Gasteiger partial charge in [-0.2, -0.15) is 0 Å². The average molecular weight is 436 g/mol. The number of carbonyl (C=O) groups is 2. The first-order valence-electron chi connectivity index (χ1n) is 9.15. The highest BCUT2D eigenvalue weighted by Crippen LogP contribution is 2.22. The highest BCUT2D eigenvalue weighted by Gasteiger charge is 2.20. The Morgan fingerprint density at radius 3 is 1.81 bits per heavy atom. The Kier molecular flexibility index (Phi) is 6.71. The maximum atomic E-state index is 12.2. The van der Waals surface area contributed by atoms with E-state index in [2.05, 4.69) is 10.9 Å². The second-order valence-electron chi connectivity index (χ2n) is 6.46. The van der Waals surface area contributed by atoms with Gasteiger partial charge in [-0.3, -0.25) is 40.7 Å². The molecule has 11 nitrogen and oxygen atoms in total. The van der Waals surface area contributed by atoms with Gasteiger partial charge < -0.3 is 4.74 Å². The Hall–Kier alpha value is -4.80. The second-order valence-corrected chi connectivity index (χ2v) is 6.46. The second kappa shape index (κ2) is 9.80. The van der Waals surface area contributed by atoms with Crippen LogP contribution in [0, 0.1) is 20.2 Å². The Morgan fingerprint density at radius 2 is 1.28 bits per heavy atom. The Morgan fingerprint density at radius 1 is 0.750 bits per heavy atom. The zero-order valence-electron chi connectivity index (χ0n) is 16.4. The third-order valence-corrected chi connectivity index (χ3v) is 4.24. The molecule has 0 saturated heterocycles. The zero-order chi connectivity index (χ0) is 23.1. The number of nitrogens with zero attached hydrogens (tertiary/aromatic N) is 2. The fourth-order valence-electron chi connectivity index (χ4n) is 2.64. The van der Waals surface area contributed by atoms with Gasteiger partial charge in [0.05, 0.1) is 21.5 Å². The van der Waals surface area contributed by atoms with Crippen molar-refractivity contribution < 1.29 is 24.2 Å². The summed E-state index contributed by atoms with van der Waals surface area (Å²) in [6.45, 7) is 0.359. The summed E-state index contributed by atoms with van der Waals surface area (Å²) in [4.78, 5) is 44.6. The number of nitrogens with one attached hydrogen (secondary N) is 2. The predicted octanol–water partition coefficient (Wildman–Crippen LogP) is 3.16. The first-order chi connectivity index (χ1) is 15.3. The van der Waals surface area contributed by atoms with Crippen molar-refractivity contribution in [3.8, 4) is 5.75 Å². The molecule has 162 valence electrons. The molecule has 2 N–H and O–H groups in total. The standard InChI is InChI=1S/C21H16N4O7/c26-20(15-6-8-19(9-7-15)32-13-14-4-2-1-3-5-14)22-23-21(27)16-10-17(24(28)29)12-18(11-16)25(30)31/h1-12H,13H2,(H,22,26)(H,23,27). The summed E-state index contributed by atoms with van der Waals surface area (Å²) in [5.74, 6) is -1.07. The van der Waals surface area contributed by atoms with Crippen LogP contribution in [0.25, 0.3) is 0 Å². The van der Waals surface area contributed by atoms with Crippen molar-refractivity contribution in [3.63, 3.8) is 0 Å². The number of carbonyl (C=O) groups excluding carboxylic acids is 2. The van der Waals surface area contributed by atoms with Crippen molar-refractivity contribution in [1.29, 1.82) is 0 Å². The molecule has 32 heavy (non-hydrogen) atoms. The summed E-state index contributed by atoms with van der Waals surface area (Å²) in [7, 11) is 0. The Balaban J connectivity index is 1.60. The first-order valence-corrected chi connectivity index (χ1v) is 9.15. The number of hydrogen-bond acceptors (Lipinski definition) is 7. The minimum Gasteiger partial charge on any atom is -0.489 e. The molecule has 0 atom stereocenters. The molecule has 3 aromatic rings. The normalized spacial score (nSPS) is 10.1. The number of hydrogen-bond donors (Lipinski definition) is 2. The van der Waals surface area contributed by atoms with Gasteiger partial charge in [0.2, 0.25) is 0 Å². The molecule has 0 aliphatic carbocycles. The predicted molar refractivity (Wildman–Crippen MR) is 112 cm³/mol. The van der Waals surface area contributed by atoms with Crippen LogP contribution >= 0.6 is 0 Å². The average Bonchev–Trinajstić information content (AvgIpc) is 2.81. The molecule has 11 heteroatoms. The summed E-state index contributed by atoms with van der Waals surface area (Å²) < 4.78 is 5.63. The minimum atomic E-state index is -0.951. The number of hydrazine groups is 1. The Labute approximate surface area is 180 Å². The summed E-state index contributed by atoms with van der Waals surface area (Å²) in [6, 6.07) is 18.1. The molecule has 0 fully saturated rings. The van der Waals surface area contributed by atoms with Crippen molar-refractivity contribution in [2.24, 2.45) is 0 Å². The largest absolute Gasteiger partial charge is 0.489 e. The fraction of sp³-hybridized carbons (Fsp3) is 0.0476. The number of rotatable bonds is 7. The van der Waals surface area contributed by atoms with Crippen molar-refractivity contribution in [2.75, 3.05) is 0 Å². The molecule has 0 aromatic heterocycles. The van der Waals surface area contributed by atoms with E-state index in [1.165, 1.54) is 12.1 Å². The van der Waals surface area contributed by atoms with E-state index >= 15 is 0 Å². The number of benzene rings is 3. The van der Waals surface area contributed by atoms with Crippen LogP contribution in [0.1, 0.15) is 26.3 Å². The third kappa shape index (κ3) is 5.63. The van der Waals surface area contributed by atoms with E-state index in [0.717, 1.165) is 23.8 Å². The van der Waals surface area contributed by atoms with Crippen LogP contribution in [0.15, 0.2) is 72.8 Å². The molecule has 0 bridgehead atoms. The molecule has 0 unspecified atom stereocenters. The lowest BCUT2D eigenvalue weighted by atomic mass is 10.1. The van der Waals surface area contributed by atoms with Crippen LogP contribution in [0.4, 0.5) is 11.4 Å². The van der Waals surface area contributed by atoms with Crippen LogP contribution in [0.5, 0.6) is 5.75 Å². The molecule has 0 radical (unpaired) electrons. The van der Waals surface area contributed by atoms with Crippen molar-refractivity contribution in [1.82, 2.24) is 10.9 Å². The fourth-order valence-corrected chi connectivity index (χ4v) is 2.64. The highest BCUT2D eigenvalue weighted by atomic mass is 16.6. The van der Waals surface area contributed by atoms with E-state index < -0.39 is 33.0 Å². The lowest BCUT2D eigenvalue weighted by molar-refractivity contribution is -0.394. The van der Waals surface area contributed by atoms with Crippen molar-refractivity contribution >= 4 is 23.2 Å². The lowest BCUT2D eigenvalue weighted by Gasteiger charge is -2.09. The van der Waals surface area contributed by atoms with Gasteiger partial charge >= 0.3 is 0 Å². The summed E-state index contributed by atoms with van der Waals surface area (Å²) in [6.07, 6.45) is 0. The lowest BCUT2D eigenvalue weighted by Crippen LogP contribution is -2.41. The molecule has 3 rings (SSSR count). The van der Waals surface area contributed by atoms with E-state index in [-0.39, 0.29) is 11.1 Å². The summed E-state index contributed by atoms with van der Waals surface area (Å²) in [5.41, 5.74) is 3.83. The van der Waals surface area contributed by atoms with Crippen LogP contribution in [-0.2, 0) is 6.61 Å². The number of nitro benzene ring substituents is 2. The van der Waals surface area contributed by atoms with Gasteiger partial charge in [0, 0.05) is 17.7 Å². The molecular formula is C21H16N4O7. The van der Waals surface area contributed by atoms with Gasteiger partial charge in [-0.25, -0.2) is 0 Å². The van der Waals surface area contributed by atoms with Crippen molar-refractivity contribution in [2.45, 2.75) is 6.61 Å². The molecule has 3 aromatic carbocycles. The van der Waals surface area contributed by atoms with Crippen LogP contribution < -0.4 is 15.6 Å². The number of non-ortho nitro benzene ring substituents is 2. The minimum absolute atomic E-state index is 0.211. The monoisotopic (exact) mass is 436 g/mol.